The summed E-state index contributed by atoms with van der Waals surface area (Å²) in [5.41, 5.74) is -1.53. The van der Waals surface area contributed by atoms with Crippen molar-refractivity contribution in [3.63, 3.8) is 0 Å². The highest BCUT2D eigenvalue weighted by Gasteiger charge is 2.35. The van der Waals surface area contributed by atoms with E-state index in [4.69, 9.17) is 4.74 Å². The Kier molecular flexibility index (Phi) is 6.89. The zero-order chi connectivity index (χ0) is 14.9. The normalized spacial score (nSPS) is 12.3. The summed E-state index contributed by atoms with van der Waals surface area (Å²) >= 11 is 0. The zero-order valence-electron chi connectivity index (χ0n) is 10.8. The number of rotatable bonds is 7. The second-order valence-electron chi connectivity index (χ2n) is 3.91. The third-order valence-corrected chi connectivity index (χ3v) is 2.23. The van der Waals surface area contributed by atoms with Gasteiger partial charge in [0.15, 0.2) is 5.54 Å². The molecule has 1 amide bonds. The highest BCUT2D eigenvalue weighted by atomic mass is 16.5. The van der Waals surface area contributed by atoms with Crippen LogP contribution in [0, 0.1) is 0 Å². The van der Waals surface area contributed by atoms with E-state index in [0.717, 1.165) is 6.08 Å². The van der Waals surface area contributed by atoms with Gasteiger partial charge in [0.1, 0.15) is 6.61 Å². The van der Waals surface area contributed by atoms with Crippen molar-refractivity contribution in [1.82, 2.24) is 0 Å². The number of hydrogen-bond donors (Lipinski definition) is 0. The van der Waals surface area contributed by atoms with Crippen LogP contribution >= 0.6 is 0 Å². The molecular weight excluding hydrogens is 252 g/mol. The van der Waals surface area contributed by atoms with Gasteiger partial charge in [-0.15, -0.1) is 4.99 Å². The molecule has 0 aromatic rings. The molecule has 0 aliphatic heterocycles. The predicted octanol–water partition coefficient (Wildman–Crippen LogP) is 0.843. The van der Waals surface area contributed by atoms with Gasteiger partial charge >= 0.3 is 5.97 Å². The summed E-state index contributed by atoms with van der Waals surface area (Å²) in [4.78, 5) is 49.3. The second kappa shape index (κ2) is 7.87. The molecule has 0 heterocycles. The zero-order valence-corrected chi connectivity index (χ0v) is 10.8. The van der Waals surface area contributed by atoms with Crippen LogP contribution in [-0.2, 0) is 23.9 Å². The Balaban J connectivity index is 4.83. The fraction of sp³-hybridized carbons (Fsp3) is 0.500. The fourth-order valence-corrected chi connectivity index (χ4v) is 1.12. The van der Waals surface area contributed by atoms with Gasteiger partial charge in [-0.1, -0.05) is 19.9 Å². The molecule has 0 aromatic heterocycles. The molecule has 1 atom stereocenters. The molecule has 0 aromatic carbocycles. The summed E-state index contributed by atoms with van der Waals surface area (Å²) < 4.78 is 4.82. The Morgan fingerprint density at radius 1 is 1.32 bits per heavy atom. The van der Waals surface area contributed by atoms with Gasteiger partial charge in [0, 0.05) is 5.57 Å². The molecule has 7 nitrogen and oxygen atoms in total. The van der Waals surface area contributed by atoms with Crippen LogP contribution in [0.3, 0.4) is 0 Å². The average molecular weight is 266 g/mol. The topological polar surface area (TPSA) is 102 Å². The van der Waals surface area contributed by atoms with Crippen LogP contribution in [0.4, 0.5) is 0 Å². The quantitative estimate of drug-likeness (QED) is 0.294. The maximum absolute atomic E-state index is 11.5. The monoisotopic (exact) mass is 266 g/mol. The van der Waals surface area contributed by atoms with Crippen LogP contribution in [0.2, 0.25) is 0 Å². The van der Waals surface area contributed by atoms with Crippen molar-refractivity contribution in [2.24, 2.45) is 9.98 Å². The van der Waals surface area contributed by atoms with E-state index >= 15 is 0 Å². The second-order valence-corrected chi connectivity index (χ2v) is 3.91. The smallest absolute Gasteiger partial charge is 0.333 e. The van der Waals surface area contributed by atoms with Crippen LogP contribution in [0.15, 0.2) is 22.1 Å². The number of isocyanates is 2. The molecule has 0 N–H and O–H groups in total. The largest absolute Gasteiger partial charge is 0.459 e. The highest BCUT2D eigenvalue weighted by molar-refractivity contribution is 5.92. The van der Waals surface area contributed by atoms with Crippen LogP contribution in [0.1, 0.15) is 26.7 Å². The maximum Gasteiger partial charge on any atom is 0.333 e. The molecule has 7 heteroatoms. The number of carbonyl (C=O) groups excluding carboxylic acids is 4. The first-order valence-electron chi connectivity index (χ1n) is 5.47. The summed E-state index contributed by atoms with van der Waals surface area (Å²) in [6.45, 7) is 6.04. The SMILES string of the molecule is C=C(CCC)C(=O)OCC(C)(N=C=O)C(=O)N=C=O. The minimum absolute atomic E-state index is 0.242. The standard InChI is InChI=1S/C12H14N2O5/c1-4-5-9(2)10(17)19-6-12(3,14-8-16)11(18)13-7-15/h2,4-6H2,1,3H3. The number of ether oxygens (including phenoxy) is 1. The lowest BCUT2D eigenvalue weighted by atomic mass is 10.0. The van der Waals surface area contributed by atoms with Crippen molar-refractivity contribution in [2.45, 2.75) is 32.2 Å². The van der Waals surface area contributed by atoms with Crippen molar-refractivity contribution in [2.75, 3.05) is 6.61 Å². The van der Waals surface area contributed by atoms with E-state index in [1.54, 1.807) is 0 Å². The van der Waals surface area contributed by atoms with E-state index in [9.17, 15) is 19.2 Å². The van der Waals surface area contributed by atoms with Gasteiger partial charge in [-0.2, -0.15) is 4.99 Å². The number of nitrogens with zero attached hydrogens (tertiary/aromatic N) is 2. The molecule has 0 bridgehead atoms. The van der Waals surface area contributed by atoms with Crippen LogP contribution in [0.5, 0.6) is 0 Å². The molecular formula is C12H14N2O5. The molecule has 0 rings (SSSR count). The van der Waals surface area contributed by atoms with Crippen LogP contribution in [-0.4, -0.2) is 36.2 Å². The van der Waals surface area contributed by atoms with Crippen molar-refractivity contribution in [3.8, 4) is 0 Å². The number of hydrogen-bond acceptors (Lipinski definition) is 6. The summed E-state index contributed by atoms with van der Waals surface area (Å²) in [5, 5.41) is 0. The maximum atomic E-state index is 11.5. The lowest BCUT2D eigenvalue weighted by Gasteiger charge is -2.18. The molecule has 0 fully saturated rings. The minimum atomic E-state index is -1.78. The van der Waals surface area contributed by atoms with Crippen molar-refractivity contribution in [3.05, 3.63) is 12.2 Å². The molecule has 1 unspecified atom stereocenters. The van der Waals surface area contributed by atoms with Crippen molar-refractivity contribution < 1.29 is 23.9 Å². The number of aliphatic imine (C=N–C) groups is 2. The first-order valence-corrected chi connectivity index (χ1v) is 5.47. The van der Waals surface area contributed by atoms with Gasteiger partial charge in [0.25, 0.3) is 5.91 Å². The number of esters is 1. The van der Waals surface area contributed by atoms with Gasteiger partial charge in [0.2, 0.25) is 12.2 Å². The summed E-state index contributed by atoms with van der Waals surface area (Å²) in [7, 11) is 0. The molecule has 0 saturated carbocycles. The van der Waals surface area contributed by atoms with Gasteiger partial charge < -0.3 is 4.74 Å². The van der Waals surface area contributed by atoms with E-state index in [2.05, 4.69) is 16.6 Å². The van der Waals surface area contributed by atoms with Gasteiger partial charge in [-0.25, -0.2) is 14.4 Å². The van der Waals surface area contributed by atoms with E-state index in [-0.39, 0.29) is 5.57 Å². The van der Waals surface area contributed by atoms with Gasteiger partial charge in [0.05, 0.1) is 0 Å². The molecule has 0 radical (unpaired) electrons. The number of amides is 1. The highest BCUT2D eigenvalue weighted by Crippen LogP contribution is 2.14. The Hall–Kier alpha value is -2.36. The lowest BCUT2D eigenvalue weighted by molar-refractivity contribution is -0.142. The van der Waals surface area contributed by atoms with Gasteiger partial charge in [-0.05, 0) is 13.3 Å². The Morgan fingerprint density at radius 2 is 1.95 bits per heavy atom. The summed E-state index contributed by atoms with van der Waals surface area (Å²) in [6.07, 6.45) is 3.38. The molecule has 102 valence electrons. The number of carbonyl (C=O) groups is 2. The third-order valence-electron chi connectivity index (χ3n) is 2.23. The molecule has 0 aliphatic rings. The van der Waals surface area contributed by atoms with E-state index in [1.165, 1.54) is 13.0 Å². The van der Waals surface area contributed by atoms with E-state index in [1.807, 2.05) is 6.92 Å². The van der Waals surface area contributed by atoms with Crippen molar-refractivity contribution in [1.29, 1.82) is 0 Å². The summed E-state index contributed by atoms with van der Waals surface area (Å²) in [5.74, 6) is -1.74. The first-order chi connectivity index (χ1) is 8.91. The fourth-order valence-electron chi connectivity index (χ4n) is 1.12. The minimum Gasteiger partial charge on any atom is -0.459 e. The lowest BCUT2D eigenvalue weighted by Crippen LogP contribution is -2.38. The van der Waals surface area contributed by atoms with E-state index in [0.29, 0.717) is 12.8 Å². The predicted molar refractivity (Wildman–Crippen MR) is 64.7 cm³/mol. The first kappa shape index (κ1) is 16.6. The van der Waals surface area contributed by atoms with Gasteiger partial charge in [-0.3, -0.25) is 4.79 Å². The summed E-state index contributed by atoms with van der Waals surface area (Å²) in [6, 6.07) is 0. The molecule has 19 heavy (non-hydrogen) atoms. The van der Waals surface area contributed by atoms with Crippen molar-refractivity contribution >= 4 is 24.0 Å². The molecule has 0 saturated heterocycles. The average Bonchev–Trinajstić information content (AvgIpc) is 2.36. The Bertz CT molecular complexity index is 473. The third kappa shape index (κ3) is 5.21. The van der Waals surface area contributed by atoms with Crippen LogP contribution in [0.25, 0.3) is 0 Å². The van der Waals surface area contributed by atoms with E-state index < -0.39 is 24.0 Å². The Morgan fingerprint density at radius 3 is 2.42 bits per heavy atom. The Labute approximate surface area is 110 Å². The van der Waals surface area contributed by atoms with Crippen LogP contribution < -0.4 is 0 Å². The molecule has 0 aliphatic carbocycles. The molecule has 0 spiro atoms.